The standard InChI is InChI=1S/C18H28N2O/c1-17(2)15(16(19)18(3,4)21-17)12-20-10-9-13-7-5-6-8-14(13)11-20/h5-8,15-16H,9-12,19H2,1-4H3. The highest BCUT2D eigenvalue weighted by molar-refractivity contribution is 5.29. The number of hydrogen-bond donors (Lipinski definition) is 1. The van der Waals surface area contributed by atoms with Gasteiger partial charge in [0.2, 0.25) is 0 Å². The Labute approximate surface area is 128 Å². The van der Waals surface area contributed by atoms with Gasteiger partial charge in [-0.05, 0) is 45.2 Å². The Morgan fingerprint density at radius 1 is 1.14 bits per heavy atom. The number of benzene rings is 1. The molecule has 1 aromatic carbocycles. The summed E-state index contributed by atoms with van der Waals surface area (Å²) in [5, 5.41) is 0. The molecule has 1 aromatic rings. The minimum absolute atomic E-state index is 0.0877. The molecular weight excluding hydrogens is 260 g/mol. The Bertz CT molecular complexity index is 524. The van der Waals surface area contributed by atoms with Crippen LogP contribution in [0.25, 0.3) is 0 Å². The van der Waals surface area contributed by atoms with Gasteiger partial charge in [0.05, 0.1) is 11.2 Å². The summed E-state index contributed by atoms with van der Waals surface area (Å²) >= 11 is 0. The first-order valence-electron chi connectivity index (χ1n) is 8.04. The van der Waals surface area contributed by atoms with Gasteiger partial charge < -0.3 is 10.5 Å². The minimum atomic E-state index is -0.234. The zero-order valence-corrected chi connectivity index (χ0v) is 13.7. The molecule has 116 valence electrons. The van der Waals surface area contributed by atoms with Crippen molar-refractivity contribution >= 4 is 0 Å². The third kappa shape index (κ3) is 2.75. The van der Waals surface area contributed by atoms with Gasteiger partial charge in [0.15, 0.2) is 0 Å². The van der Waals surface area contributed by atoms with Crippen LogP contribution in [0.1, 0.15) is 38.8 Å². The summed E-state index contributed by atoms with van der Waals surface area (Å²) in [6.07, 6.45) is 1.14. The molecule has 2 aliphatic rings. The molecule has 3 nitrogen and oxygen atoms in total. The van der Waals surface area contributed by atoms with Gasteiger partial charge in [-0.2, -0.15) is 0 Å². The highest BCUT2D eigenvalue weighted by Crippen LogP contribution is 2.41. The van der Waals surface area contributed by atoms with Crippen molar-refractivity contribution in [2.24, 2.45) is 11.7 Å². The Hall–Kier alpha value is -0.900. The van der Waals surface area contributed by atoms with Crippen LogP contribution in [0.3, 0.4) is 0 Å². The summed E-state index contributed by atoms with van der Waals surface area (Å²) in [5.74, 6) is 0.373. The summed E-state index contributed by atoms with van der Waals surface area (Å²) in [6, 6.07) is 8.87. The number of nitrogens with zero attached hydrogens (tertiary/aromatic N) is 1. The number of nitrogens with two attached hydrogens (primary N) is 1. The molecule has 0 radical (unpaired) electrons. The van der Waals surface area contributed by atoms with Crippen LogP contribution in [0.4, 0.5) is 0 Å². The van der Waals surface area contributed by atoms with E-state index < -0.39 is 0 Å². The van der Waals surface area contributed by atoms with Gasteiger partial charge in [-0.3, -0.25) is 4.90 Å². The van der Waals surface area contributed by atoms with Gasteiger partial charge in [-0.1, -0.05) is 24.3 Å². The fourth-order valence-corrected chi connectivity index (χ4v) is 4.06. The smallest absolute Gasteiger partial charge is 0.0788 e. The van der Waals surface area contributed by atoms with Crippen LogP contribution in [-0.4, -0.2) is 35.2 Å². The van der Waals surface area contributed by atoms with Crippen molar-refractivity contribution in [1.82, 2.24) is 4.90 Å². The van der Waals surface area contributed by atoms with E-state index >= 15 is 0 Å². The summed E-state index contributed by atoms with van der Waals surface area (Å²) < 4.78 is 6.22. The predicted molar refractivity (Wildman–Crippen MR) is 86.1 cm³/mol. The Morgan fingerprint density at radius 2 is 1.81 bits per heavy atom. The first-order chi connectivity index (χ1) is 9.79. The molecular formula is C18H28N2O. The van der Waals surface area contributed by atoms with E-state index in [4.69, 9.17) is 10.5 Å². The van der Waals surface area contributed by atoms with E-state index in [0.717, 1.165) is 26.1 Å². The highest BCUT2D eigenvalue weighted by atomic mass is 16.5. The number of fused-ring (bicyclic) bond motifs is 1. The molecule has 0 bridgehead atoms. The predicted octanol–water partition coefficient (Wildman–Crippen LogP) is 2.58. The molecule has 0 saturated carbocycles. The lowest BCUT2D eigenvalue weighted by Gasteiger charge is -2.35. The molecule has 2 aliphatic heterocycles. The Morgan fingerprint density at radius 3 is 2.43 bits per heavy atom. The Balaban J connectivity index is 1.73. The summed E-state index contributed by atoms with van der Waals surface area (Å²) in [6.45, 7) is 11.8. The Kier molecular flexibility index (Phi) is 3.63. The third-order valence-electron chi connectivity index (χ3n) is 5.32. The fraction of sp³-hybridized carbons (Fsp3) is 0.667. The molecule has 0 amide bonds. The first kappa shape index (κ1) is 15.0. The zero-order valence-electron chi connectivity index (χ0n) is 13.7. The maximum atomic E-state index is 6.49. The second-order valence-electron chi connectivity index (χ2n) is 7.70. The molecule has 2 N–H and O–H groups in total. The molecule has 0 aromatic heterocycles. The lowest BCUT2D eigenvalue weighted by molar-refractivity contribution is -0.0787. The van der Waals surface area contributed by atoms with Gasteiger partial charge in [0.1, 0.15) is 0 Å². The van der Waals surface area contributed by atoms with E-state index in [2.05, 4.69) is 56.9 Å². The second-order valence-corrected chi connectivity index (χ2v) is 7.70. The maximum absolute atomic E-state index is 6.49. The number of hydrogen-bond acceptors (Lipinski definition) is 3. The molecule has 2 atom stereocenters. The van der Waals surface area contributed by atoms with Crippen LogP contribution in [-0.2, 0) is 17.7 Å². The normalized spacial score (nSPS) is 31.1. The monoisotopic (exact) mass is 288 g/mol. The van der Waals surface area contributed by atoms with E-state index in [0.29, 0.717) is 5.92 Å². The van der Waals surface area contributed by atoms with E-state index in [1.165, 1.54) is 11.1 Å². The average molecular weight is 288 g/mol. The molecule has 1 saturated heterocycles. The topological polar surface area (TPSA) is 38.5 Å². The van der Waals surface area contributed by atoms with Gasteiger partial charge >= 0.3 is 0 Å². The van der Waals surface area contributed by atoms with E-state index in [9.17, 15) is 0 Å². The van der Waals surface area contributed by atoms with Crippen LogP contribution >= 0.6 is 0 Å². The first-order valence-corrected chi connectivity index (χ1v) is 8.04. The lowest BCUT2D eigenvalue weighted by Crippen LogP contribution is -2.48. The molecule has 1 fully saturated rings. The summed E-state index contributed by atoms with van der Waals surface area (Å²) in [7, 11) is 0. The van der Waals surface area contributed by atoms with Crippen molar-refractivity contribution in [2.45, 2.75) is 57.9 Å². The van der Waals surface area contributed by atoms with Gasteiger partial charge in [-0.25, -0.2) is 0 Å². The van der Waals surface area contributed by atoms with E-state index in [1.54, 1.807) is 0 Å². The fourth-order valence-electron chi connectivity index (χ4n) is 4.06. The molecule has 21 heavy (non-hydrogen) atoms. The van der Waals surface area contributed by atoms with Crippen molar-refractivity contribution in [1.29, 1.82) is 0 Å². The average Bonchev–Trinajstić information content (AvgIpc) is 2.57. The molecule has 2 unspecified atom stereocenters. The van der Waals surface area contributed by atoms with Crippen molar-refractivity contribution < 1.29 is 4.74 Å². The van der Waals surface area contributed by atoms with E-state index in [-0.39, 0.29) is 17.2 Å². The van der Waals surface area contributed by atoms with Gasteiger partial charge in [-0.15, -0.1) is 0 Å². The van der Waals surface area contributed by atoms with Crippen LogP contribution < -0.4 is 5.73 Å². The molecule has 2 heterocycles. The number of rotatable bonds is 2. The molecule has 0 aliphatic carbocycles. The SMILES string of the molecule is CC1(C)OC(C)(C)C(CN2CCc3ccccc3C2)C1N. The maximum Gasteiger partial charge on any atom is 0.0788 e. The quantitative estimate of drug-likeness (QED) is 0.909. The van der Waals surface area contributed by atoms with Crippen LogP contribution in [0.2, 0.25) is 0 Å². The number of ether oxygens (including phenoxy) is 1. The molecule has 3 heteroatoms. The van der Waals surface area contributed by atoms with Gasteiger partial charge in [0.25, 0.3) is 0 Å². The van der Waals surface area contributed by atoms with Crippen molar-refractivity contribution in [2.75, 3.05) is 13.1 Å². The van der Waals surface area contributed by atoms with Crippen molar-refractivity contribution in [3.63, 3.8) is 0 Å². The molecule has 3 rings (SSSR count). The zero-order chi connectivity index (χ0) is 15.3. The van der Waals surface area contributed by atoms with E-state index in [1.807, 2.05) is 0 Å². The van der Waals surface area contributed by atoms with Crippen molar-refractivity contribution in [3.8, 4) is 0 Å². The third-order valence-corrected chi connectivity index (χ3v) is 5.32. The highest BCUT2D eigenvalue weighted by Gasteiger charge is 2.52. The minimum Gasteiger partial charge on any atom is -0.368 e. The van der Waals surface area contributed by atoms with Crippen LogP contribution in [0.5, 0.6) is 0 Å². The van der Waals surface area contributed by atoms with Crippen molar-refractivity contribution in [3.05, 3.63) is 35.4 Å². The summed E-state index contributed by atoms with van der Waals surface area (Å²) in [5.41, 5.74) is 9.07. The largest absolute Gasteiger partial charge is 0.368 e. The lowest BCUT2D eigenvalue weighted by atomic mass is 9.82. The van der Waals surface area contributed by atoms with Crippen LogP contribution in [0.15, 0.2) is 24.3 Å². The second kappa shape index (κ2) is 5.08. The molecule has 0 spiro atoms. The van der Waals surface area contributed by atoms with Gasteiger partial charge in [0, 0.05) is 31.6 Å². The van der Waals surface area contributed by atoms with Crippen LogP contribution in [0, 0.1) is 5.92 Å². The summed E-state index contributed by atoms with van der Waals surface area (Å²) in [4.78, 5) is 2.54.